The molecule has 1 N–H and O–H groups in total. The van der Waals surface area contributed by atoms with Gasteiger partial charge in [-0.3, -0.25) is 4.79 Å². The molecule has 1 atom stereocenters. The van der Waals surface area contributed by atoms with Gasteiger partial charge >= 0.3 is 0 Å². The van der Waals surface area contributed by atoms with Crippen LogP contribution in [0, 0.1) is 0 Å². The van der Waals surface area contributed by atoms with E-state index in [-0.39, 0.29) is 17.4 Å². The Morgan fingerprint density at radius 2 is 1.96 bits per heavy atom. The highest BCUT2D eigenvalue weighted by molar-refractivity contribution is 5.95. The maximum Gasteiger partial charge on any atom is 0.248 e. The first-order valence-corrected chi connectivity index (χ1v) is 8.35. The van der Waals surface area contributed by atoms with Crippen molar-refractivity contribution in [3.63, 3.8) is 0 Å². The molecule has 2 heterocycles. The SMILES string of the molecule is CC(Nc1ccc(N2CCCC2=O)cc1)c1nc(C(C)(C)C)no1. The molecule has 128 valence electrons. The number of carbonyl (C=O) groups excluding carboxylic acids is 1. The second kappa shape index (κ2) is 6.26. The van der Waals surface area contributed by atoms with Crippen molar-refractivity contribution in [2.75, 3.05) is 16.8 Å². The number of nitrogens with one attached hydrogen (secondary N) is 1. The van der Waals surface area contributed by atoms with E-state index in [9.17, 15) is 4.79 Å². The molecule has 1 aliphatic heterocycles. The van der Waals surface area contributed by atoms with Crippen LogP contribution in [0.4, 0.5) is 11.4 Å². The van der Waals surface area contributed by atoms with E-state index in [1.165, 1.54) is 0 Å². The second-order valence-corrected chi connectivity index (χ2v) is 7.27. The van der Waals surface area contributed by atoms with Gasteiger partial charge in [0.15, 0.2) is 5.82 Å². The van der Waals surface area contributed by atoms with Crippen LogP contribution in [0.2, 0.25) is 0 Å². The number of carbonyl (C=O) groups is 1. The minimum absolute atomic E-state index is 0.0899. The zero-order chi connectivity index (χ0) is 17.3. The fourth-order valence-electron chi connectivity index (χ4n) is 2.69. The highest BCUT2D eigenvalue weighted by Gasteiger charge is 2.24. The molecular weight excluding hydrogens is 304 g/mol. The lowest BCUT2D eigenvalue weighted by Gasteiger charge is -2.17. The monoisotopic (exact) mass is 328 g/mol. The van der Waals surface area contributed by atoms with Crippen molar-refractivity contribution in [1.29, 1.82) is 0 Å². The van der Waals surface area contributed by atoms with Gasteiger partial charge in [0.2, 0.25) is 11.8 Å². The van der Waals surface area contributed by atoms with E-state index in [1.54, 1.807) is 0 Å². The molecule has 1 aromatic heterocycles. The Hall–Kier alpha value is -2.37. The minimum Gasteiger partial charge on any atom is -0.374 e. The Labute approximate surface area is 142 Å². The predicted molar refractivity (Wildman–Crippen MR) is 93.1 cm³/mol. The Kier molecular flexibility index (Phi) is 4.30. The number of benzene rings is 1. The molecule has 0 bridgehead atoms. The normalized spacial score (nSPS) is 16.5. The molecule has 1 unspecified atom stereocenters. The second-order valence-electron chi connectivity index (χ2n) is 7.27. The van der Waals surface area contributed by atoms with Gasteiger partial charge in [-0.25, -0.2) is 0 Å². The van der Waals surface area contributed by atoms with Gasteiger partial charge in [0.1, 0.15) is 6.04 Å². The fourth-order valence-corrected chi connectivity index (χ4v) is 2.69. The number of nitrogens with zero attached hydrogens (tertiary/aromatic N) is 3. The molecule has 0 aliphatic carbocycles. The number of hydrogen-bond donors (Lipinski definition) is 1. The van der Waals surface area contributed by atoms with Crippen LogP contribution in [0.25, 0.3) is 0 Å². The smallest absolute Gasteiger partial charge is 0.248 e. The van der Waals surface area contributed by atoms with Crippen molar-refractivity contribution in [2.24, 2.45) is 0 Å². The molecule has 24 heavy (non-hydrogen) atoms. The summed E-state index contributed by atoms with van der Waals surface area (Å²) >= 11 is 0. The Balaban J connectivity index is 1.67. The fraction of sp³-hybridized carbons (Fsp3) is 0.500. The molecule has 1 amide bonds. The summed E-state index contributed by atoms with van der Waals surface area (Å²) in [6, 6.07) is 7.78. The molecule has 6 heteroatoms. The van der Waals surface area contributed by atoms with Gasteiger partial charge in [-0.2, -0.15) is 4.98 Å². The maximum absolute atomic E-state index is 11.8. The average Bonchev–Trinajstić information content (AvgIpc) is 3.16. The van der Waals surface area contributed by atoms with Gasteiger partial charge < -0.3 is 14.7 Å². The zero-order valence-electron chi connectivity index (χ0n) is 14.7. The van der Waals surface area contributed by atoms with Crippen LogP contribution in [-0.4, -0.2) is 22.6 Å². The molecule has 0 spiro atoms. The summed E-state index contributed by atoms with van der Waals surface area (Å²) < 4.78 is 5.37. The van der Waals surface area contributed by atoms with Crippen LogP contribution in [0.15, 0.2) is 28.8 Å². The lowest BCUT2D eigenvalue weighted by molar-refractivity contribution is -0.117. The van der Waals surface area contributed by atoms with Crippen LogP contribution in [-0.2, 0) is 10.2 Å². The van der Waals surface area contributed by atoms with Crippen molar-refractivity contribution in [3.8, 4) is 0 Å². The molecule has 1 fully saturated rings. The van der Waals surface area contributed by atoms with Crippen molar-refractivity contribution in [1.82, 2.24) is 10.1 Å². The van der Waals surface area contributed by atoms with Crippen molar-refractivity contribution in [2.45, 2.75) is 52.0 Å². The lowest BCUT2D eigenvalue weighted by atomic mass is 9.96. The molecule has 1 aromatic carbocycles. The van der Waals surface area contributed by atoms with Gasteiger partial charge in [-0.15, -0.1) is 0 Å². The number of aromatic nitrogens is 2. The summed E-state index contributed by atoms with van der Waals surface area (Å²) in [5.74, 6) is 1.47. The summed E-state index contributed by atoms with van der Waals surface area (Å²) in [4.78, 5) is 18.1. The summed E-state index contributed by atoms with van der Waals surface area (Å²) in [5, 5.41) is 7.41. The van der Waals surface area contributed by atoms with Gasteiger partial charge in [0.25, 0.3) is 0 Å². The van der Waals surface area contributed by atoms with E-state index < -0.39 is 0 Å². The summed E-state index contributed by atoms with van der Waals surface area (Å²) in [6.07, 6.45) is 1.58. The van der Waals surface area contributed by atoms with Gasteiger partial charge in [0, 0.05) is 29.8 Å². The topological polar surface area (TPSA) is 71.3 Å². The predicted octanol–water partition coefficient (Wildman–Crippen LogP) is 3.67. The van der Waals surface area contributed by atoms with E-state index in [0.29, 0.717) is 18.1 Å². The summed E-state index contributed by atoms with van der Waals surface area (Å²) in [5.41, 5.74) is 1.77. The Bertz CT molecular complexity index is 715. The minimum atomic E-state index is -0.134. The van der Waals surface area contributed by atoms with E-state index in [1.807, 2.05) is 36.1 Å². The molecule has 1 aliphatic rings. The van der Waals surface area contributed by atoms with Crippen LogP contribution in [0.5, 0.6) is 0 Å². The average molecular weight is 328 g/mol. The first kappa shape index (κ1) is 16.5. The molecule has 2 aromatic rings. The van der Waals surface area contributed by atoms with Gasteiger partial charge in [-0.05, 0) is 37.6 Å². The third-order valence-electron chi connectivity index (χ3n) is 4.12. The summed E-state index contributed by atoms with van der Waals surface area (Å²) in [6.45, 7) is 8.95. The van der Waals surface area contributed by atoms with E-state index in [2.05, 4.69) is 36.2 Å². The van der Waals surface area contributed by atoms with Crippen molar-refractivity contribution >= 4 is 17.3 Å². The largest absolute Gasteiger partial charge is 0.374 e. The highest BCUT2D eigenvalue weighted by atomic mass is 16.5. The lowest BCUT2D eigenvalue weighted by Crippen LogP contribution is -2.23. The standard InChI is InChI=1S/C18H24N4O2/c1-12(16-20-17(21-24-16)18(2,3)4)19-13-7-9-14(10-8-13)22-11-5-6-15(22)23/h7-10,12,19H,5-6,11H2,1-4H3. The Morgan fingerprint density at radius 3 is 2.50 bits per heavy atom. The third kappa shape index (κ3) is 3.42. The van der Waals surface area contributed by atoms with Crippen LogP contribution >= 0.6 is 0 Å². The number of rotatable bonds is 4. The van der Waals surface area contributed by atoms with E-state index in [0.717, 1.165) is 24.3 Å². The zero-order valence-corrected chi connectivity index (χ0v) is 14.7. The quantitative estimate of drug-likeness (QED) is 0.927. The van der Waals surface area contributed by atoms with Gasteiger partial charge in [0.05, 0.1) is 0 Å². The highest BCUT2D eigenvalue weighted by Crippen LogP contribution is 2.26. The molecule has 3 rings (SSSR count). The van der Waals surface area contributed by atoms with Crippen molar-refractivity contribution < 1.29 is 9.32 Å². The first-order chi connectivity index (χ1) is 11.3. The molecule has 0 saturated carbocycles. The number of anilines is 2. The van der Waals surface area contributed by atoms with Crippen LogP contribution in [0.1, 0.15) is 58.3 Å². The van der Waals surface area contributed by atoms with Gasteiger partial charge in [-0.1, -0.05) is 25.9 Å². The Morgan fingerprint density at radius 1 is 1.25 bits per heavy atom. The first-order valence-electron chi connectivity index (χ1n) is 8.35. The van der Waals surface area contributed by atoms with E-state index >= 15 is 0 Å². The van der Waals surface area contributed by atoms with Crippen LogP contribution < -0.4 is 10.2 Å². The summed E-state index contributed by atoms with van der Waals surface area (Å²) in [7, 11) is 0. The molecule has 1 saturated heterocycles. The third-order valence-corrected chi connectivity index (χ3v) is 4.12. The molecule has 0 radical (unpaired) electrons. The molecular formula is C18H24N4O2. The van der Waals surface area contributed by atoms with E-state index in [4.69, 9.17) is 4.52 Å². The van der Waals surface area contributed by atoms with Crippen LogP contribution in [0.3, 0.4) is 0 Å². The number of hydrogen-bond acceptors (Lipinski definition) is 5. The maximum atomic E-state index is 11.8. The molecule has 6 nitrogen and oxygen atoms in total. The van der Waals surface area contributed by atoms with Crippen molar-refractivity contribution in [3.05, 3.63) is 36.0 Å². The number of amides is 1.